The van der Waals surface area contributed by atoms with Crippen LogP contribution in [0.5, 0.6) is 11.5 Å². The van der Waals surface area contributed by atoms with Crippen LogP contribution < -0.4 is 9.47 Å². The Bertz CT molecular complexity index is 1090. The smallest absolute Gasteiger partial charge is 0.342 e. The molecule has 0 radical (unpaired) electrons. The Balaban J connectivity index is 1.66. The number of esters is 1. The minimum atomic E-state index is -0.890. The fourth-order valence-corrected chi connectivity index (χ4v) is 4.81. The number of fused-ring (bicyclic) bond motifs is 2. The first kappa shape index (κ1) is 30.2. The van der Waals surface area contributed by atoms with Crippen LogP contribution in [-0.2, 0) is 28.5 Å². The molecule has 40 heavy (non-hydrogen) atoms. The SMILES string of the molecule is COCOc1cc(OCCN2CCOCC2)cc2c1C(=O)O[C@@H](C)[C@H](C)/C=C\C(=O)[C@H]1OC(C)(C)O[C@H]1C/C=C/2. The molecule has 3 aliphatic rings. The Hall–Kier alpha value is -2.76. The van der Waals surface area contributed by atoms with Crippen molar-refractivity contribution in [2.45, 2.75) is 58.2 Å². The molecule has 0 amide bonds. The maximum atomic E-state index is 13.5. The van der Waals surface area contributed by atoms with Crippen LogP contribution >= 0.6 is 0 Å². The topological polar surface area (TPSA) is 102 Å². The largest absolute Gasteiger partial charge is 0.492 e. The van der Waals surface area contributed by atoms with E-state index in [9.17, 15) is 9.59 Å². The highest BCUT2D eigenvalue weighted by Crippen LogP contribution is 2.34. The summed E-state index contributed by atoms with van der Waals surface area (Å²) in [7, 11) is 1.51. The van der Waals surface area contributed by atoms with Crippen LogP contribution in [0.25, 0.3) is 6.08 Å². The summed E-state index contributed by atoms with van der Waals surface area (Å²) in [4.78, 5) is 28.8. The van der Waals surface area contributed by atoms with E-state index in [0.717, 1.165) is 19.6 Å². The molecule has 0 bridgehead atoms. The molecule has 1 aromatic rings. The van der Waals surface area contributed by atoms with Crippen molar-refractivity contribution in [3.05, 3.63) is 41.5 Å². The molecule has 3 heterocycles. The lowest BCUT2D eigenvalue weighted by atomic mass is 9.99. The summed E-state index contributed by atoms with van der Waals surface area (Å²) in [5.74, 6) is -0.990. The number of carbonyl (C=O) groups excluding carboxylic acids is 2. The molecule has 0 spiro atoms. The molecule has 1 aromatic carbocycles. The number of carbonyl (C=O) groups is 2. The number of hydrogen-bond donors (Lipinski definition) is 0. The highest BCUT2D eigenvalue weighted by Gasteiger charge is 2.43. The van der Waals surface area contributed by atoms with E-state index in [-0.39, 0.29) is 24.1 Å². The summed E-state index contributed by atoms with van der Waals surface area (Å²) >= 11 is 0. The number of ketones is 1. The molecule has 3 aliphatic heterocycles. The Morgan fingerprint density at radius 3 is 2.58 bits per heavy atom. The van der Waals surface area contributed by atoms with Gasteiger partial charge in [-0.1, -0.05) is 25.2 Å². The minimum absolute atomic E-state index is 0.0541. The number of cyclic esters (lactones) is 1. The highest BCUT2D eigenvalue weighted by atomic mass is 16.8. The first-order chi connectivity index (χ1) is 19.2. The maximum Gasteiger partial charge on any atom is 0.342 e. The van der Waals surface area contributed by atoms with Gasteiger partial charge in [0.25, 0.3) is 0 Å². The zero-order chi connectivity index (χ0) is 28.7. The van der Waals surface area contributed by atoms with E-state index in [2.05, 4.69) is 4.90 Å². The summed E-state index contributed by atoms with van der Waals surface area (Å²) in [5, 5.41) is 0. The molecule has 10 nitrogen and oxygen atoms in total. The van der Waals surface area contributed by atoms with Gasteiger partial charge in [-0.3, -0.25) is 9.69 Å². The third-order valence-corrected chi connectivity index (χ3v) is 7.15. The summed E-state index contributed by atoms with van der Waals surface area (Å²) < 4.78 is 40.3. The summed E-state index contributed by atoms with van der Waals surface area (Å²) in [6.07, 6.45) is 5.56. The summed E-state index contributed by atoms with van der Waals surface area (Å²) in [5.41, 5.74) is 0.832. The number of morpholine rings is 1. The lowest BCUT2D eigenvalue weighted by Gasteiger charge is -2.26. The van der Waals surface area contributed by atoms with Gasteiger partial charge in [0.2, 0.25) is 0 Å². The van der Waals surface area contributed by atoms with E-state index in [1.54, 1.807) is 45.1 Å². The lowest BCUT2D eigenvalue weighted by Crippen LogP contribution is -2.38. The number of rotatable bonds is 7. The van der Waals surface area contributed by atoms with Crippen LogP contribution in [0.3, 0.4) is 0 Å². The van der Waals surface area contributed by atoms with Gasteiger partial charge in [-0.15, -0.1) is 0 Å². The van der Waals surface area contributed by atoms with E-state index < -0.39 is 30.1 Å². The molecule has 220 valence electrons. The van der Waals surface area contributed by atoms with Gasteiger partial charge in [-0.05, 0) is 44.9 Å². The maximum absolute atomic E-state index is 13.5. The molecule has 0 saturated carbocycles. The van der Waals surface area contributed by atoms with Gasteiger partial charge >= 0.3 is 5.97 Å². The predicted molar refractivity (Wildman–Crippen MR) is 147 cm³/mol. The van der Waals surface area contributed by atoms with Crippen molar-refractivity contribution in [1.82, 2.24) is 4.90 Å². The second kappa shape index (κ2) is 13.7. The minimum Gasteiger partial charge on any atom is -0.492 e. The fraction of sp³-hybridized carbons (Fsp3) is 0.600. The number of nitrogens with zero attached hydrogens (tertiary/aromatic N) is 1. The zero-order valence-electron chi connectivity index (χ0n) is 24.1. The first-order valence-electron chi connectivity index (χ1n) is 13.8. The average molecular weight is 560 g/mol. The first-order valence-corrected chi connectivity index (χ1v) is 13.8. The molecule has 0 aromatic heterocycles. The molecule has 2 saturated heterocycles. The molecule has 0 unspecified atom stereocenters. The van der Waals surface area contributed by atoms with Gasteiger partial charge in [-0.25, -0.2) is 4.79 Å². The van der Waals surface area contributed by atoms with Gasteiger partial charge in [0.1, 0.15) is 35.9 Å². The number of methoxy groups -OCH3 is 1. The third kappa shape index (κ3) is 7.92. The Morgan fingerprint density at radius 1 is 1.05 bits per heavy atom. The van der Waals surface area contributed by atoms with Gasteiger partial charge < -0.3 is 33.2 Å². The molecule has 4 atom stereocenters. The molecule has 2 fully saturated rings. The predicted octanol–water partition coefficient (Wildman–Crippen LogP) is 3.62. The molecular formula is C30H41NO9. The molecule has 10 heteroatoms. The van der Waals surface area contributed by atoms with E-state index in [1.807, 2.05) is 13.0 Å². The van der Waals surface area contributed by atoms with E-state index in [4.69, 9.17) is 33.2 Å². The highest BCUT2D eigenvalue weighted by molar-refractivity contribution is 5.97. The van der Waals surface area contributed by atoms with Crippen molar-refractivity contribution in [2.75, 3.05) is 53.4 Å². The zero-order valence-corrected chi connectivity index (χ0v) is 24.1. The van der Waals surface area contributed by atoms with Crippen molar-refractivity contribution < 1.29 is 42.7 Å². The van der Waals surface area contributed by atoms with Gasteiger partial charge in [0, 0.05) is 38.7 Å². The molecule has 0 aliphatic carbocycles. The van der Waals surface area contributed by atoms with Crippen molar-refractivity contribution in [3.63, 3.8) is 0 Å². The normalized spacial score (nSPS) is 29.0. The standard InChI is InChI=1S/C30H41NO9/c1-20-9-10-24(32)28-25(39-30(3,4)40-28)8-6-7-22-17-23(36-16-13-31-11-14-35-15-12-31)18-26(37-19-34-5)27(22)29(33)38-21(20)2/h6-7,9-10,17-18,20-21,25,28H,8,11-16,19H2,1-5H3/b7-6+,10-9-/t20-,21+,25+,28-/m1/s1. The van der Waals surface area contributed by atoms with Crippen LogP contribution in [-0.4, -0.2) is 94.1 Å². The number of benzene rings is 1. The van der Waals surface area contributed by atoms with Crippen LogP contribution in [0, 0.1) is 5.92 Å². The van der Waals surface area contributed by atoms with Gasteiger partial charge in [-0.2, -0.15) is 0 Å². The Morgan fingerprint density at radius 2 is 1.82 bits per heavy atom. The quantitative estimate of drug-likeness (QED) is 0.364. The Kier molecular flexibility index (Phi) is 10.4. The van der Waals surface area contributed by atoms with Gasteiger partial charge in [0.15, 0.2) is 18.4 Å². The van der Waals surface area contributed by atoms with E-state index >= 15 is 0 Å². The van der Waals surface area contributed by atoms with Gasteiger partial charge in [0.05, 0.1) is 19.3 Å². The summed E-state index contributed by atoms with van der Waals surface area (Å²) in [6, 6.07) is 3.49. The summed E-state index contributed by atoms with van der Waals surface area (Å²) in [6.45, 7) is 11.6. The van der Waals surface area contributed by atoms with Crippen molar-refractivity contribution in [1.29, 1.82) is 0 Å². The fourth-order valence-electron chi connectivity index (χ4n) is 4.81. The average Bonchev–Trinajstić information content (AvgIpc) is 3.24. The molecule has 4 rings (SSSR count). The molecular weight excluding hydrogens is 518 g/mol. The second-order valence-electron chi connectivity index (χ2n) is 10.7. The van der Waals surface area contributed by atoms with E-state index in [0.29, 0.717) is 43.3 Å². The van der Waals surface area contributed by atoms with Crippen LogP contribution in [0.1, 0.15) is 50.0 Å². The molecule has 0 N–H and O–H groups in total. The number of ether oxygens (including phenoxy) is 7. The third-order valence-electron chi connectivity index (χ3n) is 7.15. The monoisotopic (exact) mass is 559 g/mol. The van der Waals surface area contributed by atoms with Crippen molar-refractivity contribution in [2.24, 2.45) is 5.92 Å². The van der Waals surface area contributed by atoms with Crippen molar-refractivity contribution >= 4 is 17.8 Å². The second-order valence-corrected chi connectivity index (χ2v) is 10.7. The van der Waals surface area contributed by atoms with Crippen LogP contribution in [0.15, 0.2) is 30.4 Å². The van der Waals surface area contributed by atoms with Crippen LogP contribution in [0.2, 0.25) is 0 Å². The lowest BCUT2D eigenvalue weighted by molar-refractivity contribution is -0.152. The van der Waals surface area contributed by atoms with Crippen LogP contribution in [0.4, 0.5) is 0 Å². The number of hydrogen-bond acceptors (Lipinski definition) is 10. The Labute approximate surface area is 236 Å². The van der Waals surface area contributed by atoms with Crippen molar-refractivity contribution in [3.8, 4) is 11.5 Å². The van der Waals surface area contributed by atoms with E-state index in [1.165, 1.54) is 13.2 Å².